The summed E-state index contributed by atoms with van der Waals surface area (Å²) in [6.07, 6.45) is 2.67. The Bertz CT molecular complexity index is 518. The van der Waals surface area contributed by atoms with Gasteiger partial charge in [-0.1, -0.05) is 13.8 Å². The zero-order valence-electron chi connectivity index (χ0n) is 12.1. The minimum Gasteiger partial charge on any atom is -0.480 e. The van der Waals surface area contributed by atoms with Gasteiger partial charge in [0.1, 0.15) is 11.7 Å². The van der Waals surface area contributed by atoms with E-state index in [2.05, 4.69) is 10.4 Å². The SMILES string of the molecule is CC(C)CC(NC(=O)c1cc(C2CC2)n(C)n1)C(=O)O. The van der Waals surface area contributed by atoms with E-state index in [1.165, 1.54) is 0 Å². The molecule has 0 aliphatic heterocycles. The predicted octanol–water partition coefficient (Wildman–Crippen LogP) is 1.53. The zero-order chi connectivity index (χ0) is 14.9. The van der Waals surface area contributed by atoms with Gasteiger partial charge in [-0.05, 0) is 31.2 Å². The summed E-state index contributed by atoms with van der Waals surface area (Å²) >= 11 is 0. The smallest absolute Gasteiger partial charge is 0.326 e. The molecule has 1 fully saturated rings. The number of carbonyl (C=O) groups is 2. The van der Waals surface area contributed by atoms with Crippen molar-refractivity contribution in [1.82, 2.24) is 15.1 Å². The predicted molar refractivity (Wildman–Crippen MR) is 73.5 cm³/mol. The second-order valence-corrected chi connectivity index (χ2v) is 5.85. The average molecular weight is 279 g/mol. The Morgan fingerprint density at radius 1 is 1.50 bits per heavy atom. The molecule has 1 saturated carbocycles. The van der Waals surface area contributed by atoms with Gasteiger partial charge < -0.3 is 10.4 Å². The number of hydrogen-bond acceptors (Lipinski definition) is 3. The van der Waals surface area contributed by atoms with Crippen molar-refractivity contribution < 1.29 is 14.7 Å². The number of hydrogen-bond donors (Lipinski definition) is 2. The minimum atomic E-state index is -1.01. The molecule has 1 atom stereocenters. The highest BCUT2D eigenvalue weighted by molar-refractivity contribution is 5.95. The lowest BCUT2D eigenvalue weighted by Gasteiger charge is -2.15. The molecule has 1 unspecified atom stereocenters. The molecule has 6 nitrogen and oxygen atoms in total. The molecule has 1 aromatic rings. The molecule has 6 heteroatoms. The second-order valence-electron chi connectivity index (χ2n) is 5.85. The van der Waals surface area contributed by atoms with Gasteiger partial charge in [0.05, 0.1) is 0 Å². The average Bonchev–Trinajstić information content (AvgIpc) is 3.11. The maximum Gasteiger partial charge on any atom is 0.326 e. The summed E-state index contributed by atoms with van der Waals surface area (Å²) in [5.41, 5.74) is 1.34. The van der Waals surface area contributed by atoms with Gasteiger partial charge >= 0.3 is 5.97 Å². The first-order valence-electron chi connectivity index (χ1n) is 6.96. The molecule has 0 spiro atoms. The van der Waals surface area contributed by atoms with E-state index in [1.807, 2.05) is 20.9 Å². The molecule has 1 aliphatic rings. The first-order chi connectivity index (χ1) is 9.38. The third-order valence-electron chi connectivity index (χ3n) is 3.45. The molecule has 0 bridgehead atoms. The van der Waals surface area contributed by atoms with Crippen LogP contribution in [0, 0.1) is 5.92 Å². The van der Waals surface area contributed by atoms with Gasteiger partial charge in [-0.2, -0.15) is 5.10 Å². The van der Waals surface area contributed by atoms with Crippen LogP contribution >= 0.6 is 0 Å². The third kappa shape index (κ3) is 3.37. The lowest BCUT2D eigenvalue weighted by molar-refractivity contribution is -0.139. The molecule has 20 heavy (non-hydrogen) atoms. The molecule has 1 heterocycles. The Kier molecular flexibility index (Phi) is 4.11. The molecule has 1 aliphatic carbocycles. The molecule has 2 rings (SSSR count). The van der Waals surface area contributed by atoms with Crippen LogP contribution in [0.25, 0.3) is 0 Å². The summed E-state index contributed by atoms with van der Waals surface area (Å²) in [6.45, 7) is 3.85. The van der Waals surface area contributed by atoms with E-state index in [-0.39, 0.29) is 5.92 Å². The highest BCUT2D eigenvalue weighted by Crippen LogP contribution is 2.39. The molecular formula is C14H21N3O3. The van der Waals surface area contributed by atoms with Gasteiger partial charge in [-0.15, -0.1) is 0 Å². The van der Waals surface area contributed by atoms with E-state index in [0.717, 1.165) is 18.5 Å². The summed E-state index contributed by atoms with van der Waals surface area (Å²) in [6, 6.07) is 0.898. The van der Waals surface area contributed by atoms with Crippen LogP contribution in [-0.4, -0.2) is 32.8 Å². The fourth-order valence-corrected chi connectivity index (χ4v) is 2.28. The van der Waals surface area contributed by atoms with Crippen LogP contribution in [0.4, 0.5) is 0 Å². The van der Waals surface area contributed by atoms with Gasteiger partial charge in [-0.3, -0.25) is 9.48 Å². The minimum absolute atomic E-state index is 0.196. The molecular weight excluding hydrogens is 258 g/mol. The van der Waals surface area contributed by atoms with Crippen molar-refractivity contribution in [3.63, 3.8) is 0 Å². The Hall–Kier alpha value is -1.85. The summed E-state index contributed by atoms with van der Waals surface area (Å²) in [5.74, 6) is -0.729. The van der Waals surface area contributed by atoms with Crippen LogP contribution in [-0.2, 0) is 11.8 Å². The number of nitrogens with zero attached hydrogens (tertiary/aromatic N) is 2. The summed E-state index contributed by atoms with van der Waals surface area (Å²) in [4.78, 5) is 23.3. The fraction of sp³-hybridized carbons (Fsp3) is 0.643. The normalized spacial score (nSPS) is 16.2. The van der Waals surface area contributed by atoms with Crippen molar-refractivity contribution >= 4 is 11.9 Å². The van der Waals surface area contributed by atoms with Gasteiger partial charge in [0.25, 0.3) is 5.91 Å². The first kappa shape index (κ1) is 14.6. The van der Waals surface area contributed by atoms with Gasteiger partial charge in [0.2, 0.25) is 0 Å². The number of nitrogens with one attached hydrogen (secondary N) is 1. The van der Waals surface area contributed by atoms with E-state index >= 15 is 0 Å². The van der Waals surface area contributed by atoms with Gasteiger partial charge in [0, 0.05) is 18.7 Å². The van der Waals surface area contributed by atoms with Crippen LogP contribution in [0.5, 0.6) is 0 Å². The lowest BCUT2D eigenvalue weighted by Crippen LogP contribution is -2.41. The highest BCUT2D eigenvalue weighted by atomic mass is 16.4. The largest absolute Gasteiger partial charge is 0.480 e. The number of amides is 1. The number of rotatable bonds is 6. The quantitative estimate of drug-likeness (QED) is 0.827. The molecule has 0 aromatic carbocycles. The standard InChI is InChI=1S/C14H21N3O3/c1-8(2)6-11(14(19)20)15-13(18)10-7-12(9-4-5-9)17(3)16-10/h7-9,11H,4-6H2,1-3H3,(H,15,18)(H,19,20). The highest BCUT2D eigenvalue weighted by Gasteiger charge is 2.29. The van der Waals surface area contributed by atoms with Crippen molar-refractivity contribution in [3.8, 4) is 0 Å². The maximum absolute atomic E-state index is 12.1. The van der Waals surface area contributed by atoms with Crippen LogP contribution < -0.4 is 5.32 Å². The summed E-state index contributed by atoms with van der Waals surface area (Å²) in [5, 5.41) is 15.9. The number of aliphatic carboxylic acids is 1. The van der Waals surface area contributed by atoms with E-state index in [9.17, 15) is 9.59 Å². The number of carboxylic acids is 1. The number of aromatic nitrogens is 2. The van der Waals surface area contributed by atoms with Crippen LogP contribution in [0.1, 0.15) is 55.2 Å². The third-order valence-corrected chi connectivity index (χ3v) is 3.45. The van der Waals surface area contributed by atoms with Gasteiger partial charge in [0.15, 0.2) is 0 Å². The Morgan fingerprint density at radius 2 is 2.15 bits per heavy atom. The zero-order valence-corrected chi connectivity index (χ0v) is 12.1. The van der Waals surface area contributed by atoms with E-state index in [1.54, 1.807) is 10.7 Å². The Labute approximate surface area is 118 Å². The van der Waals surface area contributed by atoms with Crippen molar-refractivity contribution in [1.29, 1.82) is 0 Å². The molecule has 0 radical (unpaired) electrons. The Balaban J connectivity index is 2.06. The molecule has 0 saturated heterocycles. The lowest BCUT2D eigenvalue weighted by atomic mass is 10.0. The van der Waals surface area contributed by atoms with E-state index < -0.39 is 17.9 Å². The number of carbonyl (C=O) groups excluding carboxylic acids is 1. The Morgan fingerprint density at radius 3 is 2.65 bits per heavy atom. The van der Waals surface area contributed by atoms with Crippen LogP contribution in [0.15, 0.2) is 6.07 Å². The monoisotopic (exact) mass is 279 g/mol. The number of aryl methyl sites for hydroxylation is 1. The van der Waals surface area contributed by atoms with Gasteiger partial charge in [-0.25, -0.2) is 4.79 Å². The molecule has 1 aromatic heterocycles. The summed E-state index contributed by atoms with van der Waals surface area (Å²) < 4.78 is 1.71. The topological polar surface area (TPSA) is 84.2 Å². The molecule has 2 N–H and O–H groups in total. The van der Waals surface area contributed by atoms with Crippen molar-refractivity contribution in [3.05, 3.63) is 17.5 Å². The summed E-state index contributed by atoms with van der Waals surface area (Å²) in [7, 11) is 1.81. The van der Waals surface area contributed by atoms with Crippen LogP contribution in [0.3, 0.4) is 0 Å². The van der Waals surface area contributed by atoms with Crippen LogP contribution in [0.2, 0.25) is 0 Å². The van der Waals surface area contributed by atoms with E-state index in [4.69, 9.17) is 5.11 Å². The van der Waals surface area contributed by atoms with Crippen molar-refractivity contribution in [2.75, 3.05) is 0 Å². The molecule has 1 amide bonds. The molecule has 110 valence electrons. The van der Waals surface area contributed by atoms with Crippen molar-refractivity contribution in [2.24, 2.45) is 13.0 Å². The van der Waals surface area contributed by atoms with E-state index in [0.29, 0.717) is 18.0 Å². The number of carboxylic acid groups (broad SMARTS) is 1. The first-order valence-corrected chi connectivity index (χ1v) is 6.96. The fourth-order valence-electron chi connectivity index (χ4n) is 2.28. The maximum atomic E-state index is 12.1. The van der Waals surface area contributed by atoms with Crippen molar-refractivity contribution in [2.45, 2.75) is 45.1 Å². The second kappa shape index (κ2) is 5.64.